The minimum absolute atomic E-state index is 0. The van der Waals surface area contributed by atoms with E-state index < -0.39 is 30.5 Å². The zero-order valence-electron chi connectivity index (χ0n) is 19.1. The normalized spacial score (nSPS) is 16.3. The molecular formula is C24H26BrN5O6. The first-order valence-corrected chi connectivity index (χ1v) is 11.1. The molecule has 12 heteroatoms. The number of azo groups is 1. The standard InChI is InChI=1S/C24H25N5O6.BrH/c25-11-19(31)29-10-4-9-18(29)24(35)26-17(12-30)23(34)28-27-16-8-3-7-15-20(16)22(33)14-6-2-1-5-13(14)21(15)32;/h1-3,5-8,17-18,30,32-33H,4,9-12,25H2,(H,26,35);1H/t17-,18-;/m0./s1. The highest BCUT2D eigenvalue weighted by molar-refractivity contribution is 8.93. The molecular weight excluding hydrogens is 534 g/mol. The molecule has 36 heavy (non-hydrogen) atoms. The Hall–Kier alpha value is -3.61. The van der Waals surface area contributed by atoms with Gasteiger partial charge >= 0.3 is 0 Å². The Kier molecular flexibility index (Phi) is 8.56. The van der Waals surface area contributed by atoms with Crippen molar-refractivity contribution >= 4 is 61.9 Å². The predicted octanol–water partition coefficient (Wildman–Crippen LogP) is 2.02. The summed E-state index contributed by atoms with van der Waals surface area (Å²) in [6.07, 6.45) is 1.03. The number of fused-ring (bicyclic) bond motifs is 2. The van der Waals surface area contributed by atoms with Crippen LogP contribution >= 0.6 is 17.0 Å². The van der Waals surface area contributed by atoms with Crippen LogP contribution in [0.25, 0.3) is 21.5 Å². The Morgan fingerprint density at radius 1 is 1.06 bits per heavy atom. The van der Waals surface area contributed by atoms with Crippen LogP contribution in [0.1, 0.15) is 12.8 Å². The molecule has 1 fully saturated rings. The second-order valence-electron chi connectivity index (χ2n) is 8.17. The Morgan fingerprint density at radius 2 is 1.72 bits per heavy atom. The number of phenols is 2. The third-order valence-corrected chi connectivity index (χ3v) is 6.08. The van der Waals surface area contributed by atoms with E-state index in [1.165, 1.54) is 11.0 Å². The topological polar surface area (TPSA) is 178 Å². The van der Waals surface area contributed by atoms with Crippen LogP contribution in [0.4, 0.5) is 5.69 Å². The van der Waals surface area contributed by atoms with Gasteiger partial charge in [-0.2, -0.15) is 0 Å². The van der Waals surface area contributed by atoms with Gasteiger partial charge in [-0.25, -0.2) is 0 Å². The maximum atomic E-state index is 12.7. The molecule has 0 radical (unpaired) electrons. The summed E-state index contributed by atoms with van der Waals surface area (Å²) >= 11 is 0. The number of phenolic OH excluding ortho intramolecular Hbond substituents is 2. The summed E-state index contributed by atoms with van der Waals surface area (Å²) < 4.78 is 0. The first-order chi connectivity index (χ1) is 16.9. The number of likely N-dealkylation sites (tertiary alicyclic amines) is 1. The molecule has 6 N–H and O–H groups in total. The van der Waals surface area contributed by atoms with Gasteiger partial charge in [0.1, 0.15) is 23.6 Å². The Labute approximate surface area is 216 Å². The highest BCUT2D eigenvalue weighted by atomic mass is 79.9. The molecule has 1 aliphatic rings. The minimum Gasteiger partial charge on any atom is -0.507 e. The maximum absolute atomic E-state index is 12.7. The average Bonchev–Trinajstić information content (AvgIpc) is 3.38. The minimum atomic E-state index is -1.38. The Morgan fingerprint density at radius 3 is 2.39 bits per heavy atom. The number of nitrogens with one attached hydrogen (secondary N) is 1. The molecule has 190 valence electrons. The smallest absolute Gasteiger partial charge is 0.289 e. The number of aliphatic hydroxyl groups excluding tert-OH is 1. The molecule has 0 aromatic heterocycles. The van der Waals surface area contributed by atoms with Gasteiger partial charge < -0.3 is 31.3 Å². The lowest BCUT2D eigenvalue weighted by atomic mass is 9.99. The number of nitrogens with two attached hydrogens (primary N) is 1. The number of hydrogen-bond acceptors (Lipinski definition) is 8. The van der Waals surface area contributed by atoms with Gasteiger partial charge in [0.15, 0.2) is 0 Å². The van der Waals surface area contributed by atoms with Crippen LogP contribution < -0.4 is 11.1 Å². The summed E-state index contributed by atoms with van der Waals surface area (Å²) in [4.78, 5) is 38.6. The van der Waals surface area contributed by atoms with Crippen LogP contribution in [0.5, 0.6) is 11.5 Å². The summed E-state index contributed by atoms with van der Waals surface area (Å²) in [7, 11) is 0. The van der Waals surface area contributed by atoms with Crippen LogP contribution in [0, 0.1) is 0 Å². The molecule has 11 nitrogen and oxygen atoms in total. The van der Waals surface area contributed by atoms with Crippen molar-refractivity contribution in [3.63, 3.8) is 0 Å². The largest absolute Gasteiger partial charge is 0.507 e. The number of benzene rings is 3. The number of nitrogens with zero attached hydrogens (tertiary/aromatic N) is 3. The fourth-order valence-corrected chi connectivity index (χ4v) is 4.33. The van der Waals surface area contributed by atoms with E-state index >= 15 is 0 Å². The highest BCUT2D eigenvalue weighted by Crippen LogP contribution is 2.45. The van der Waals surface area contributed by atoms with E-state index in [1.807, 2.05) is 0 Å². The molecule has 2 atom stereocenters. The van der Waals surface area contributed by atoms with E-state index in [2.05, 4.69) is 15.5 Å². The van der Waals surface area contributed by atoms with Crippen LogP contribution in [0.3, 0.4) is 0 Å². The van der Waals surface area contributed by atoms with Gasteiger partial charge in [0, 0.05) is 22.7 Å². The third kappa shape index (κ3) is 5.01. The highest BCUT2D eigenvalue weighted by Gasteiger charge is 2.35. The molecule has 4 rings (SSSR count). The quantitative estimate of drug-likeness (QED) is 0.174. The molecule has 3 aromatic rings. The fraction of sp³-hybridized carbons (Fsp3) is 0.292. The van der Waals surface area contributed by atoms with E-state index in [1.54, 1.807) is 36.4 Å². The Balaban J connectivity index is 0.00000361. The first-order valence-electron chi connectivity index (χ1n) is 11.1. The van der Waals surface area contributed by atoms with Crippen molar-refractivity contribution in [2.24, 2.45) is 16.0 Å². The third-order valence-electron chi connectivity index (χ3n) is 6.08. The summed E-state index contributed by atoms with van der Waals surface area (Å²) in [5, 5.41) is 42.5. The summed E-state index contributed by atoms with van der Waals surface area (Å²) in [6.45, 7) is -0.575. The SMILES string of the molecule is Br.NCC(=O)N1CCC[C@H]1C(=O)N[C@@H](CO)C(=O)N=Nc1cccc2c(O)c3ccccc3c(O)c12. The summed E-state index contributed by atoms with van der Waals surface area (Å²) in [5.74, 6) is -2.07. The number of aliphatic hydroxyl groups is 1. The molecule has 0 unspecified atom stereocenters. The van der Waals surface area contributed by atoms with Crippen molar-refractivity contribution in [1.82, 2.24) is 10.2 Å². The van der Waals surface area contributed by atoms with Crippen molar-refractivity contribution < 1.29 is 29.7 Å². The average molecular weight is 560 g/mol. The molecule has 1 heterocycles. The van der Waals surface area contributed by atoms with Crippen molar-refractivity contribution in [2.45, 2.75) is 24.9 Å². The van der Waals surface area contributed by atoms with Crippen molar-refractivity contribution in [1.29, 1.82) is 0 Å². The van der Waals surface area contributed by atoms with Gasteiger partial charge in [-0.15, -0.1) is 27.2 Å². The number of carbonyl (C=O) groups excluding carboxylic acids is 3. The number of hydrogen-bond donors (Lipinski definition) is 5. The number of halogens is 1. The number of carbonyl (C=O) groups is 3. The van der Waals surface area contributed by atoms with Crippen molar-refractivity contribution in [2.75, 3.05) is 19.7 Å². The second kappa shape index (κ2) is 11.4. The molecule has 1 aliphatic heterocycles. The number of aromatic hydroxyl groups is 2. The molecule has 3 aromatic carbocycles. The molecule has 0 bridgehead atoms. The van der Waals surface area contributed by atoms with E-state index in [-0.39, 0.29) is 52.0 Å². The van der Waals surface area contributed by atoms with E-state index in [0.29, 0.717) is 35.5 Å². The second-order valence-corrected chi connectivity index (χ2v) is 8.17. The number of amides is 3. The van der Waals surface area contributed by atoms with Crippen LogP contribution in [-0.4, -0.2) is 69.7 Å². The summed E-state index contributed by atoms with van der Waals surface area (Å²) in [6, 6.07) is 9.29. The van der Waals surface area contributed by atoms with Crippen molar-refractivity contribution in [3.05, 3.63) is 42.5 Å². The van der Waals surface area contributed by atoms with Gasteiger partial charge in [-0.3, -0.25) is 14.4 Å². The van der Waals surface area contributed by atoms with E-state index in [9.17, 15) is 29.7 Å². The Bertz CT molecular complexity index is 1350. The molecule has 0 aliphatic carbocycles. The first kappa shape index (κ1) is 27.0. The van der Waals surface area contributed by atoms with E-state index in [4.69, 9.17) is 5.73 Å². The molecule has 3 amide bonds. The zero-order valence-corrected chi connectivity index (χ0v) is 20.8. The van der Waals surface area contributed by atoms with Gasteiger partial charge in [0.2, 0.25) is 11.8 Å². The predicted molar refractivity (Wildman–Crippen MR) is 137 cm³/mol. The fourth-order valence-electron chi connectivity index (χ4n) is 4.33. The molecule has 1 saturated heterocycles. The lowest BCUT2D eigenvalue weighted by Gasteiger charge is -2.24. The van der Waals surface area contributed by atoms with Crippen LogP contribution in [-0.2, 0) is 14.4 Å². The van der Waals surface area contributed by atoms with Gasteiger partial charge in [-0.1, -0.05) is 36.4 Å². The van der Waals surface area contributed by atoms with E-state index in [0.717, 1.165) is 0 Å². The van der Waals surface area contributed by atoms with Gasteiger partial charge in [0.25, 0.3) is 5.91 Å². The van der Waals surface area contributed by atoms with Crippen LogP contribution in [0.2, 0.25) is 0 Å². The van der Waals surface area contributed by atoms with Crippen LogP contribution in [0.15, 0.2) is 52.7 Å². The molecule has 0 spiro atoms. The molecule has 0 saturated carbocycles. The number of rotatable bonds is 6. The summed E-state index contributed by atoms with van der Waals surface area (Å²) in [5.41, 5.74) is 5.52. The monoisotopic (exact) mass is 559 g/mol. The lowest BCUT2D eigenvalue weighted by molar-refractivity contribution is -0.138. The van der Waals surface area contributed by atoms with Gasteiger partial charge in [-0.05, 0) is 18.9 Å². The zero-order chi connectivity index (χ0) is 25.1. The lowest BCUT2D eigenvalue weighted by Crippen LogP contribution is -2.52. The van der Waals surface area contributed by atoms with Gasteiger partial charge in [0.05, 0.1) is 24.2 Å². The van der Waals surface area contributed by atoms with Crippen molar-refractivity contribution in [3.8, 4) is 11.5 Å². The maximum Gasteiger partial charge on any atom is 0.289 e.